The van der Waals surface area contributed by atoms with Crippen molar-refractivity contribution in [1.29, 1.82) is 0 Å². The topological polar surface area (TPSA) is 79.6 Å². The average Bonchev–Trinajstić information content (AvgIpc) is 2.75. The molecule has 0 N–H and O–H groups in total. The Morgan fingerprint density at radius 1 is 1.55 bits per heavy atom. The van der Waals surface area contributed by atoms with Crippen molar-refractivity contribution >= 4 is 17.5 Å². The normalized spacial score (nSPS) is 16.8. The van der Waals surface area contributed by atoms with Crippen LogP contribution >= 0.6 is 11.6 Å². The maximum atomic E-state index is 11.5. The summed E-state index contributed by atoms with van der Waals surface area (Å²) in [4.78, 5) is 28.8. The fourth-order valence-corrected chi connectivity index (χ4v) is 2.18. The predicted molar refractivity (Wildman–Crippen MR) is 72.1 cm³/mol. The van der Waals surface area contributed by atoms with Gasteiger partial charge in [-0.1, -0.05) is 17.7 Å². The highest BCUT2D eigenvalue weighted by atomic mass is 35.5. The van der Waals surface area contributed by atoms with Gasteiger partial charge in [-0.25, -0.2) is 4.98 Å². The van der Waals surface area contributed by atoms with Gasteiger partial charge in [0.2, 0.25) is 5.91 Å². The van der Waals surface area contributed by atoms with Crippen molar-refractivity contribution in [3.8, 4) is 0 Å². The van der Waals surface area contributed by atoms with Crippen molar-refractivity contribution in [3.05, 3.63) is 51.2 Å². The molecule has 2 heterocycles. The second-order valence-corrected chi connectivity index (χ2v) is 4.74. The summed E-state index contributed by atoms with van der Waals surface area (Å²) in [7, 11) is 0. The van der Waals surface area contributed by atoms with Gasteiger partial charge >= 0.3 is 0 Å². The van der Waals surface area contributed by atoms with E-state index in [0.29, 0.717) is 30.6 Å². The highest BCUT2D eigenvalue weighted by Gasteiger charge is 2.30. The van der Waals surface area contributed by atoms with Gasteiger partial charge < -0.3 is 4.90 Å². The van der Waals surface area contributed by atoms with E-state index in [2.05, 4.69) is 4.98 Å². The first-order valence-electron chi connectivity index (χ1n) is 5.96. The molecule has 1 amide bonds. The van der Waals surface area contributed by atoms with Crippen LogP contribution in [0.3, 0.4) is 0 Å². The summed E-state index contributed by atoms with van der Waals surface area (Å²) in [6.45, 7) is 2.81. The van der Waals surface area contributed by atoms with Crippen molar-refractivity contribution in [2.45, 2.75) is 13.5 Å². The van der Waals surface area contributed by atoms with E-state index in [1.54, 1.807) is 23.2 Å². The van der Waals surface area contributed by atoms with E-state index in [-0.39, 0.29) is 5.91 Å². The molecule has 1 aromatic heterocycles. The van der Waals surface area contributed by atoms with Gasteiger partial charge in [-0.3, -0.25) is 19.8 Å². The van der Waals surface area contributed by atoms with Gasteiger partial charge in [0.1, 0.15) is 5.15 Å². The van der Waals surface area contributed by atoms with E-state index in [1.807, 2.05) is 0 Å². The Morgan fingerprint density at radius 3 is 2.85 bits per heavy atom. The van der Waals surface area contributed by atoms with Crippen LogP contribution in [-0.4, -0.2) is 38.7 Å². The summed E-state index contributed by atoms with van der Waals surface area (Å²) in [6.07, 6.45) is 2.47. The monoisotopic (exact) mass is 296 g/mol. The van der Waals surface area contributed by atoms with E-state index < -0.39 is 4.92 Å². The molecule has 20 heavy (non-hydrogen) atoms. The Labute approximate surface area is 120 Å². The standard InChI is InChI=1S/C12H13ClN4O3/c1-9(18)16-5-4-15(12(16)8-17(19)20)7-10-2-3-11(13)14-6-10/h2-3,6,8H,4-5,7H2,1H3. The van der Waals surface area contributed by atoms with Crippen molar-refractivity contribution in [2.75, 3.05) is 13.1 Å². The number of amides is 1. The summed E-state index contributed by atoms with van der Waals surface area (Å²) >= 11 is 5.71. The number of halogens is 1. The molecule has 1 aliphatic rings. The summed E-state index contributed by atoms with van der Waals surface area (Å²) in [5.41, 5.74) is 0.869. The Hall–Kier alpha value is -2.15. The molecule has 1 fully saturated rings. The summed E-state index contributed by atoms with van der Waals surface area (Å²) in [6, 6.07) is 3.46. The molecule has 0 radical (unpaired) electrons. The minimum absolute atomic E-state index is 0.213. The van der Waals surface area contributed by atoms with Crippen LogP contribution in [0.25, 0.3) is 0 Å². The molecule has 0 saturated carbocycles. The van der Waals surface area contributed by atoms with Gasteiger partial charge in [-0.2, -0.15) is 0 Å². The molecule has 0 spiro atoms. The van der Waals surface area contributed by atoms with Crippen LogP contribution in [0.1, 0.15) is 12.5 Å². The van der Waals surface area contributed by atoms with Crippen LogP contribution in [0, 0.1) is 10.1 Å². The zero-order chi connectivity index (χ0) is 14.7. The molecule has 0 aliphatic carbocycles. The van der Waals surface area contributed by atoms with Gasteiger partial charge in [0.15, 0.2) is 5.82 Å². The fourth-order valence-electron chi connectivity index (χ4n) is 2.07. The van der Waals surface area contributed by atoms with Crippen molar-refractivity contribution in [3.63, 3.8) is 0 Å². The molecule has 8 heteroatoms. The maximum absolute atomic E-state index is 11.5. The zero-order valence-corrected chi connectivity index (χ0v) is 11.6. The number of nitro groups is 1. The lowest BCUT2D eigenvalue weighted by Gasteiger charge is -2.20. The van der Waals surface area contributed by atoms with Gasteiger partial charge in [-0.05, 0) is 11.6 Å². The third kappa shape index (κ3) is 3.24. The second kappa shape index (κ2) is 5.87. The van der Waals surface area contributed by atoms with Crippen LogP contribution in [0.2, 0.25) is 5.15 Å². The average molecular weight is 297 g/mol. The molecule has 1 aliphatic heterocycles. The maximum Gasteiger partial charge on any atom is 0.274 e. The number of aromatic nitrogens is 1. The largest absolute Gasteiger partial charge is 0.347 e. The number of nitrogens with zero attached hydrogens (tertiary/aromatic N) is 4. The number of hydrogen-bond donors (Lipinski definition) is 0. The molecule has 0 bridgehead atoms. The van der Waals surface area contributed by atoms with E-state index in [1.165, 1.54) is 11.8 Å². The minimum Gasteiger partial charge on any atom is -0.347 e. The van der Waals surface area contributed by atoms with Crippen LogP contribution in [0.15, 0.2) is 30.4 Å². The molecule has 0 aromatic carbocycles. The third-order valence-corrected chi connectivity index (χ3v) is 3.18. The van der Waals surface area contributed by atoms with E-state index in [4.69, 9.17) is 11.6 Å². The highest BCUT2D eigenvalue weighted by molar-refractivity contribution is 6.29. The zero-order valence-electron chi connectivity index (χ0n) is 10.8. The lowest BCUT2D eigenvalue weighted by molar-refractivity contribution is -0.405. The van der Waals surface area contributed by atoms with Gasteiger partial charge in [0.25, 0.3) is 6.20 Å². The van der Waals surface area contributed by atoms with Crippen molar-refractivity contribution in [2.24, 2.45) is 0 Å². The van der Waals surface area contributed by atoms with Gasteiger partial charge in [0, 0.05) is 32.8 Å². The van der Waals surface area contributed by atoms with Crippen LogP contribution in [0.4, 0.5) is 0 Å². The molecular formula is C12H13ClN4O3. The minimum atomic E-state index is -0.552. The Morgan fingerprint density at radius 2 is 2.30 bits per heavy atom. The first-order valence-corrected chi connectivity index (χ1v) is 6.34. The lowest BCUT2D eigenvalue weighted by Crippen LogP contribution is -2.27. The smallest absolute Gasteiger partial charge is 0.274 e. The predicted octanol–water partition coefficient (Wildman–Crippen LogP) is 1.47. The van der Waals surface area contributed by atoms with Crippen molar-refractivity contribution < 1.29 is 9.72 Å². The number of rotatable bonds is 3. The van der Waals surface area contributed by atoms with E-state index in [9.17, 15) is 14.9 Å². The Balaban J connectivity index is 2.20. The fraction of sp³-hybridized carbons (Fsp3) is 0.333. The number of carbonyl (C=O) groups is 1. The number of pyridine rings is 1. The lowest BCUT2D eigenvalue weighted by atomic mass is 10.2. The van der Waals surface area contributed by atoms with Crippen LogP contribution in [-0.2, 0) is 11.3 Å². The molecule has 7 nitrogen and oxygen atoms in total. The number of carbonyl (C=O) groups excluding carboxylic acids is 1. The van der Waals surface area contributed by atoms with Gasteiger partial charge in [0.05, 0.1) is 4.92 Å². The second-order valence-electron chi connectivity index (χ2n) is 4.35. The number of hydrogen-bond acceptors (Lipinski definition) is 5. The van der Waals surface area contributed by atoms with E-state index in [0.717, 1.165) is 11.8 Å². The molecule has 0 atom stereocenters. The quantitative estimate of drug-likeness (QED) is 0.479. The summed E-state index contributed by atoms with van der Waals surface area (Å²) in [5, 5.41) is 11.1. The molecule has 1 saturated heterocycles. The molecule has 106 valence electrons. The SMILES string of the molecule is CC(=O)N1CCN(Cc2ccc(Cl)nc2)C1=C[N+](=O)[O-]. The van der Waals surface area contributed by atoms with Crippen LogP contribution < -0.4 is 0 Å². The molecular weight excluding hydrogens is 284 g/mol. The first kappa shape index (κ1) is 14.3. The molecule has 0 unspecified atom stereocenters. The first-order chi connectivity index (χ1) is 9.47. The molecule has 2 rings (SSSR count). The van der Waals surface area contributed by atoms with Gasteiger partial charge in [-0.15, -0.1) is 0 Å². The van der Waals surface area contributed by atoms with Crippen LogP contribution in [0.5, 0.6) is 0 Å². The van der Waals surface area contributed by atoms with Crippen molar-refractivity contribution in [1.82, 2.24) is 14.8 Å². The Kier molecular flexibility index (Phi) is 4.19. The Bertz CT molecular complexity index is 558. The van der Waals surface area contributed by atoms with E-state index >= 15 is 0 Å². The summed E-state index contributed by atoms with van der Waals surface area (Å²) in [5.74, 6) is 0.0901. The molecule has 1 aromatic rings. The summed E-state index contributed by atoms with van der Waals surface area (Å²) < 4.78 is 0. The third-order valence-electron chi connectivity index (χ3n) is 2.96. The highest BCUT2D eigenvalue weighted by Crippen LogP contribution is 2.21.